The van der Waals surface area contributed by atoms with Gasteiger partial charge in [0.2, 0.25) is 0 Å². The highest BCUT2D eigenvalue weighted by Crippen LogP contribution is 2.64. The van der Waals surface area contributed by atoms with E-state index in [4.69, 9.17) is 14.2 Å². The molecular weight excluding hydrogens is 352 g/mol. The Morgan fingerprint density at radius 1 is 1.14 bits per heavy atom. The number of aliphatic hydroxyl groups is 1. The molecule has 2 aliphatic carbocycles. The lowest BCUT2D eigenvalue weighted by Gasteiger charge is -2.62. The molecule has 2 bridgehead atoms. The second kappa shape index (κ2) is 6.40. The highest BCUT2D eigenvalue weighted by Gasteiger charge is 2.71. The average Bonchev–Trinajstić information content (AvgIpc) is 2.97. The van der Waals surface area contributed by atoms with Gasteiger partial charge in [-0.3, -0.25) is 0 Å². The molecule has 2 saturated heterocycles. The average molecular weight is 385 g/mol. The summed E-state index contributed by atoms with van der Waals surface area (Å²) in [6.45, 7) is 7.35. The second-order valence-electron chi connectivity index (χ2n) is 9.87. The van der Waals surface area contributed by atoms with Crippen LogP contribution in [0.15, 0.2) is 36.4 Å². The zero-order valence-corrected chi connectivity index (χ0v) is 17.1. The first-order chi connectivity index (χ1) is 13.4. The lowest BCUT2D eigenvalue weighted by atomic mass is 9.50. The molecule has 0 amide bonds. The van der Waals surface area contributed by atoms with E-state index in [9.17, 15) is 5.11 Å². The van der Waals surface area contributed by atoms with E-state index in [-0.39, 0.29) is 29.1 Å². The summed E-state index contributed by atoms with van der Waals surface area (Å²) in [4.78, 5) is 0. The van der Waals surface area contributed by atoms with Crippen LogP contribution in [0.5, 0.6) is 0 Å². The molecule has 152 valence electrons. The molecular formula is C24H32O4. The maximum atomic E-state index is 10.9. The molecule has 2 saturated carbocycles. The fourth-order valence-corrected chi connectivity index (χ4v) is 6.40. The van der Waals surface area contributed by atoms with E-state index in [2.05, 4.69) is 32.9 Å². The van der Waals surface area contributed by atoms with Gasteiger partial charge >= 0.3 is 5.97 Å². The molecule has 2 heterocycles. The summed E-state index contributed by atoms with van der Waals surface area (Å²) < 4.78 is 19.6. The summed E-state index contributed by atoms with van der Waals surface area (Å²) in [5.74, 6) is 0.0480. The van der Waals surface area contributed by atoms with E-state index in [0.717, 1.165) is 31.2 Å². The molecule has 28 heavy (non-hydrogen) atoms. The van der Waals surface area contributed by atoms with Gasteiger partial charge in [0, 0.05) is 17.4 Å². The van der Waals surface area contributed by atoms with Crippen molar-refractivity contribution >= 4 is 6.08 Å². The number of hydrogen-bond acceptors (Lipinski definition) is 4. The Labute approximate surface area is 167 Å². The smallest absolute Gasteiger partial charge is 0.305 e. The minimum atomic E-state index is -1.11. The molecule has 1 aromatic rings. The van der Waals surface area contributed by atoms with Gasteiger partial charge in [-0.25, -0.2) is 0 Å². The Morgan fingerprint density at radius 2 is 1.93 bits per heavy atom. The molecule has 4 heteroatoms. The van der Waals surface area contributed by atoms with Crippen LogP contribution < -0.4 is 0 Å². The third-order valence-corrected chi connectivity index (χ3v) is 7.95. The van der Waals surface area contributed by atoms with Crippen LogP contribution in [0.2, 0.25) is 0 Å². The molecule has 1 N–H and O–H groups in total. The van der Waals surface area contributed by atoms with Crippen molar-refractivity contribution in [3.05, 3.63) is 42.0 Å². The summed E-state index contributed by atoms with van der Waals surface area (Å²) in [5.41, 5.74) is 0.576. The molecule has 4 nitrogen and oxygen atoms in total. The van der Waals surface area contributed by atoms with Gasteiger partial charge in [-0.2, -0.15) is 0 Å². The van der Waals surface area contributed by atoms with E-state index in [0.29, 0.717) is 18.4 Å². The first kappa shape index (κ1) is 18.8. The van der Waals surface area contributed by atoms with Crippen molar-refractivity contribution in [2.24, 2.45) is 23.2 Å². The predicted octanol–water partition coefficient (Wildman–Crippen LogP) is 4.38. The normalized spacial score (nSPS) is 47.5. The van der Waals surface area contributed by atoms with Crippen molar-refractivity contribution in [3.63, 3.8) is 0 Å². The van der Waals surface area contributed by atoms with Crippen LogP contribution in [-0.4, -0.2) is 35.5 Å². The number of ether oxygens (including phenoxy) is 3. The lowest BCUT2D eigenvalue weighted by molar-refractivity contribution is -0.408. The van der Waals surface area contributed by atoms with Crippen LogP contribution >= 0.6 is 0 Å². The van der Waals surface area contributed by atoms with Crippen LogP contribution in [0, 0.1) is 23.2 Å². The van der Waals surface area contributed by atoms with Gasteiger partial charge in [-0.15, -0.1) is 0 Å². The highest BCUT2D eigenvalue weighted by molar-refractivity contribution is 5.49. The van der Waals surface area contributed by atoms with Gasteiger partial charge < -0.3 is 19.3 Å². The molecule has 4 aliphatic rings. The number of aliphatic hydroxyl groups excluding tert-OH is 1. The van der Waals surface area contributed by atoms with Crippen LogP contribution in [0.4, 0.5) is 0 Å². The van der Waals surface area contributed by atoms with E-state index in [1.54, 1.807) is 0 Å². The van der Waals surface area contributed by atoms with Gasteiger partial charge in [-0.1, -0.05) is 57.2 Å². The lowest BCUT2D eigenvalue weighted by Crippen LogP contribution is -2.69. The van der Waals surface area contributed by atoms with Crippen molar-refractivity contribution in [1.82, 2.24) is 0 Å². The Morgan fingerprint density at radius 3 is 2.68 bits per heavy atom. The molecule has 5 rings (SSSR count). The number of rotatable bonds is 3. The van der Waals surface area contributed by atoms with Crippen LogP contribution in [-0.2, 0) is 14.2 Å². The summed E-state index contributed by atoms with van der Waals surface area (Å²) >= 11 is 0. The van der Waals surface area contributed by atoms with Crippen molar-refractivity contribution in [2.45, 2.75) is 70.2 Å². The minimum Gasteiger partial charge on any atom is -0.393 e. The summed E-state index contributed by atoms with van der Waals surface area (Å²) in [6.07, 6.45) is 7.45. The van der Waals surface area contributed by atoms with Gasteiger partial charge in [0.25, 0.3) is 0 Å². The molecule has 0 radical (unpaired) electrons. The first-order valence-corrected chi connectivity index (χ1v) is 10.8. The van der Waals surface area contributed by atoms with Gasteiger partial charge in [0.1, 0.15) is 5.60 Å². The Hall–Kier alpha value is -1.20. The fraction of sp³-hybridized carbons (Fsp3) is 0.667. The maximum Gasteiger partial charge on any atom is 0.305 e. The van der Waals surface area contributed by atoms with Crippen molar-refractivity contribution < 1.29 is 19.3 Å². The standard InChI is InChI=1S/C24H32O4/c1-16(2)18-10-12-22(3)19(25)11-13-23-15-26-24(28-23,27-20(18)21(22)23)14-9-17-7-5-4-6-8-17/h4-9,14,16,18-21,25H,10-13,15H2,1-3H3/t18-,19+,20+,21-,22+,23-,24-/m0/s1. The first-order valence-electron chi connectivity index (χ1n) is 10.8. The third kappa shape index (κ3) is 2.65. The van der Waals surface area contributed by atoms with Gasteiger partial charge in [0.15, 0.2) is 0 Å². The van der Waals surface area contributed by atoms with Gasteiger partial charge in [-0.05, 0) is 43.1 Å². The molecule has 1 spiro atoms. The number of hydrogen-bond donors (Lipinski definition) is 1. The molecule has 0 unspecified atom stereocenters. The van der Waals surface area contributed by atoms with Crippen molar-refractivity contribution in [2.75, 3.05) is 6.61 Å². The maximum absolute atomic E-state index is 10.9. The zero-order chi connectivity index (χ0) is 19.6. The van der Waals surface area contributed by atoms with Crippen LogP contribution in [0.1, 0.15) is 52.0 Å². The topological polar surface area (TPSA) is 47.9 Å². The summed E-state index contributed by atoms with van der Waals surface area (Å²) in [7, 11) is 0. The van der Waals surface area contributed by atoms with E-state index in [1.165, 1.54) is 0 Å². The fourth-order valence-electron chi connectivity index (χ4n) is 6.40. The van der Waals surface area contributed by atoms with E-state index in [1.807, 2.05) is 30.4 Å². The van der Waals surface area contributed by atoms with Crippen LogP contribution in [0.3, 0.4) is 0 Å². The summed E-state index contributed by atoms with van der Waals surface area (Å²) in [6, 6.07) is 10.2. The Kier molecular flexibility index (Phi) is 4.30. The van der Waals surface area contributed by atoms with Gasteiger partial charge in [0.05, 0.1) is 18.8 Å². The third-order valence-electron chi connectivity index (χ3n) is 7.95. The molecule has 2 aliphatic heterocycles. The summed E-state index contributed by atoms with van der Waals surface area (Å²) in [5, 5.41) is 10.9. The molecule has 7 atom stereocenters. The Balaban J connectivity index is 1.53. The minimum absolute atomic E-state index is 0.0466. The number of benzene rings is 1. The largest absolute Gasteiger partial charge is 0.393 e. The molecule has 0 aromatic heterocycles. The van der Waals surface area contributed by atoms with Crippen LogP contribution in [0.25, 0.3) is 6.08 Å². The second-order valence-corrected chi connectivity index (χ2v) is 9.87. The van der Waals surface area contributed by atoms with Crippen molar-refractivity contribution in [1.29, 1.82) is 0 Å². The SMILES string of the molecule is CC(C)[C@@H]1CC[C@]2(C)[C@H](O)CC[C@]34CO[C@@](C=Cc5ccccc5)(O[C@H]1[C@H]32)O4. The monoisotopic (exact) mass is 384 g/mol. The van der Waals surface area contributed by atoms with Crippen molar-refractivity contribution in [3.8, 4) is 0 Å². The Bertz CT molecular complexity index is 761. The van der Waals surface area contributed by atoms with E-state index >= 15 is 0 Å². The highest BCUT2D eigenvalue weighted by atomic mass is 16.9. The predicted molar refractivity (Wildman–Crippen MR) is 107 cm³/mol. The van der Waals surface area contributed by atoms with E-state index < -0.39 is 5.97 Å². The number of fused-ring (bicyclic) bond motifs is 1. The quantitative estimate of drug-likeness (QED) is 0.840. The molecule has 1 aromatic carbocycles. The molecule has 4 fully saturated rings. The zero-order valence-electron chi connectivity index (χ0n) is 17.1.